The Labute approximate surface area is 152 Å². The summed E-state index contributed by atoms with van der Waals surface area (Å²) in [6.07, 6.45) is 1.72. The first-order valence-electron chi connectivity index (χ1n) is 8.94. The average molecular weight is 352 g/mol. The van der Waals surface area contributed by atoms with Gasteiger partial charge in [-0.05, 0) is 43.9 Å². The zero-order valence-electron chi connectivity index (χ0n) is 15.7. The molecule has 5 nitrogen and oxygen atoms in total. The minimum atomic E-state index is -0.623. The second kappa shape index (κ2) is 7.20. The van der Waals surface area contributed by atoms with Crippen molar-refractivity contribution in [3.63, 3.8) is 0 Å². The highest BCUT2D eigenvalue weighted by Crippen LogP contribution is 2.27. The minimum Gasteiger partial charge on any atom is -0.449 e. The lowest BCUT2D eigenvalue weighted by atomic mass is 10.1. The maximum absolute atomic E-state index is 13.0. The molecule has 0 saturated carbocycles. The van der Waals surface area contributed by atoms with Gasteiger partial charge in [0.25, 0.3) is 5.56 Å². The first-order chi connectivity index (χ1) is 12.5. The van der Waals surface area contributed by atoms with E-state index in [1.807, 2.05) is 39.0 Å². The van der Waals surface area contributed by atoms with Crippen LogP contribution in [0.3, 0.4) is 0 Å². The molecule has 3 aromatic rings. The summed E-state index contributed by atoms with van der Waals surface area (Å²) in [4.78, 5) is 25.2. The van der Waals surface area contributed by atoms with Crippen LogP contribution in [0.2, 0.25) is 0 Å². The quantitative estimate of drug-likeness (QED) is 0.712. The van der Waals surface area contributed by atoms with Crippen LogP contribution in [0.25, 0.3) is 10.9 Å². The number of pyridine rings is 1. The maximum Gasteiger partial charge on any atom is 0.420 e. The van der Waals surface area contributed by atoms with Crippen LogP contribution in [0.1, 0.15) is 36.2 Å². The molecule has 0 N–H and O–H groups in total. The number of carbonyl (C=O) groups excluding carboxylic acids is 1. The van der Waals surface area contributed by atoms with Crippen molar-refractivity contribution in [2.45, 2.75) is 40.7 Å². The zero-order chi connectivity index (χ0) is 18.8. The molecule has 0 saturated heterocycles. The maximum atomic E-state index is 13.0. The third kappa shape index (κ3) is 2.94. The number of hydrogen-bond donors (Lipinski definition) is 0. The number of benzene rings is 1. The Kier molecular flexibility index (Phi) is 4.98. The molecule has 26 heavy (non-hydrogen) atoms. The molecule has 0 aliphatic rings. The Morgan fingerprint density at radius 2 is 1.81 bits per heavy atom. The molecule has 5 heteroatoms. The molecule has 0 spiro atoms. The lowest BCUT2D eigenvalue weighted by molar-refractivity contribution is 0.153. The van der Waals surface area contributed by atoms with Crippen LogP contribution in [0.15, 0.2) is 41.3 Å². The summed E-state index contributed by atoms with van der Waals surface area (Å²) in [5.41, 5.74) is 4.68. The number of ether oxygens (including phenoxy) is 1. The highest BCUT2D eigenvalue weighted by molar-refractivity contribution is 5.89. The van der Waals surface area contributed by atoms with Gasteiger partial charge in [-0.1, -0.05) is 37.3 Å². The normalized spacial score (nSPS) is 11.1. The van der Waals surface area contributed by atoms with Crippen molar-refractivity contribution in [2.24, 2.45) is 0 Å². The molecule has 0 radical (unpaired) electrons. The molecule has 1 aromatic carbocycles. The van der Waals surface area contributed by atoms with Crippen LogP contribution >= 0.6 is 0 Å². The number of carbonyl (C=O) groups is 1. The highest BCUT2D eigenvalue weighted by Gasteiger charge is 2.21. The van der Waals surface area contributed by atoms with Crippen LogP contribution in [0.4, 0.5) is 4.79 Å². The van der Waals surface area contributed by atoms with Gasteiger partial charge in [0.15, 0.2) is 0 Å². The highest BCUT2D eigenvalue weighted by atomic mass is 16.5. The third-order valence-corrected chi connectivity index (χ3v) is 4.88. The molecule has 0 unspecified atom stereocenters. The average Bonchev–Trinajstić information content (AvgIpc) is 2.89. The second-order valence-electron chi connectivity index (χ2n) is 6.39. The van der Waals surface area contributed by atoms with E-state index in [1.54, 1.807) is 13.1 Å². The van der Waals surface area contributed by atoms with Gasteiger partial charge < -0.3 is 9.30 Å². The van der Waals surface area contributed by atoms with E-state index in [0.29, 0.717) is 18.4 Å². The smallest absolute Gasteiger partial charge is 0.420 e. The van der Waals surface area contributed by atoms with Crippen molar-refractivity contribution in [3.8, 4) is 0 Å². The van der Waals surface area contributed by atoms with E-state index in [4.69, 9.17) is 4.74 Å². The van der Waals surface area contributed by atoms with E-state index in [0.717, 1.165) is 26.9 Å². The molecule has 0 fully saturated rings. The number of hydrogen-bond acceptors (Lipinski definition) is 3. The number of nitrogens with zero attached hydrogens (tertiary/aromatic N) is 2. The van der Waals surface area contributed by atoms with Gasteiger partial charge in [0.05, 0.1) is 17.5 Å². The molecule has 136 valence electrons. The third-order valence-electron chi connectivity index (χ3n) is 4.88. The fourth-order valence-corrected chi connectivity index (χ4v) is 3.41. The summed E-state index contributed by atoms with van der Waals surface area (Å²) >= 11 is 0. The number of aryl methyl sites for hydroxylation is 2. The summed E-state index contributed by atoms with van der Waals surface area (Å²) in [5.74, 6) is 0. The van der Waals surface area contributed by atoms with Gasteiger partial charge in [-0.15, -0.1) is 0 Å². The Bertz CT molecular complexity index is 1010. The van der Waals surface area contributed by atoms with E-state index >= 15 is 0 Å². The summed E-state index contributed by atoms with van der Waals surface area (Å²) in [6, 6.07) is 10.2. The first-order valence-corrected chi connectivity index (χ1v) is 8.94. The summed E-state index contributed by atoms with van der Waals surface area (Å²) in [6.45, 7) is 8.64. The summed E-state index contributed by atoms with van der Waals surface area (Å²) in [5, 5.41) is 0.603. The molecular weight excluding hydrogens is 328 g/mol. The Morgan fingerprint density at radius 3 is 2.42 bits per heavy atom. The van der Waals surface area contributed by atoms with Gasteiger partial charge >= 0.3 is 6.09 Å². The molecule has 3 rings (SSSR count). The fraction of sp³-hybridized carbons (Fsp3) is 0.333. The van der Waals surface area contributed by atoms with Gasteiger partial charge in [0.1, 0.15) is 0 Å². The molecule has 0 atom stereocenters. The largest absolute Gasteiger partial charge is 0.449 e. The van der Waals surface area contributed by atoms with Crippen molar-refractivity contribution < 1.29 is 9.53 Å². The first kappa shape index (κ1) is 18.0. The number of aromatic nitrogens is 2. The van der Waals surface area contributed by atoms with Gasteiger partial charge in [-0.25, -0.2) is 9.36 Å². The predicted octanol–water partition coefficient (Wildman–Crippen LogP) is 4.04. The van der Waals surface area contributed by atoms with Gasteiger partial charge in [-0.2, -0.15) is 0 Å². The molecule has 0 aliphatic carbocycles. The van der Waals surface area contributed by atoms with Gasteiger partial charge in [-0.3, -0.25) is 4.79 Å². The lowest BCUT2D eigenvalue weighted by Crippen LogP contribution is -2.28. The van der Waals surface area contributed by atoms with E-state index in [9.17, 15) is 9.59 Å². The molecule has 2 heterocycles. The van der Waals surface area contributed by atoms with E-state index < -0.39 is 6.09 Å². The Morgan fingerprint density at radius 1 is 1.12 bits per heavy atom. The van der Waals surface area contributed by atoms with E-state index in [1.165, 1.54) is 5.56 Å². The van der Waals surface area contributed by atoms with Crippen LogP contribution in [-0.2, 0) is 17.7 Å². The van der Waals surface area contributed by atoms with Crippen molar-refractivity contribution in [1.29, 1.82) is 0 Å². The van der Waals surface area contributed by atoms with Crippen LogP contribution in [0, 0.1) is 13.8 Å². The molecule has 0 bridgehead atoms. The van der Waals surface area contributed by atoms with Crippen molar-refractivity contribution >= 4 is 17.0 Å². The van der Waals surface area contributed by atoms with Crippen LogP contribution in [0.5, 0.6) is 0 Å². The van der Waals surface area contributed by atoms with Crippen molar-refractivity contribution in [2.75, 3.05) is 6.61 Å². The summed E-state index contributed by atoms with van der Waals surface area (Å²) in [7, 11) is 0. The Hall–Kier alpha value is -2.82. The van der Waals surface area contributed by atoms with Crippen LogP contribution < -0.4 is 5.56 Å². The van der Waals surface area contributed by atoms with Gasteiger partial charge in [0.2, 0.25) is 0 Å². The molecule has 0 amide bonds. The van der Waals surface area contributed by atoms with E-state index in [-0.39, 0.29) is 12.2 Å². The summed E-state index contributed by atoms with van der Waals surface area (Å²) < 4.78 is 8.32. The molecule has 2 aromatic heterocycles. The lowest BCUT2D eigenvalue weighted by Gasteiger charge is -2.13. The van der Waals surface area contributed by atoms with Crippen molar-refractivity contribution in [3.05, 3.63) is 69.3 Å². The fourth-order valence-electron chi connectivity index (χ4n) is 3.41. The zero-order valence-corrected chi connectivity index (χ0v) is 15.7. The van der Waals surface area contributed by atoms with Gasteiger partial charge in [0, 0.05) is 18.4 Å². The van der Waals surface area contributed by atoms with Crippen LogP contribution in [-0.4, -0.2) is 21.8 Å². The minimum absolute atomic E-state index is 0.234. The monoisotopic (exact) mass is 352 g/mol. The van der Waals surface area contributed by atoms with E-state index in [2.05, 4.69) is 16.7 Å². The number of fused-ring (bicyclic) bond motifs is 1. The molecule has 0 aliphatic heterocycles. The Balaban J connectivity index is 2.28. The second-order valence-corrected chi connectivity index (χ2v) is 6.39. The number of rotatable bonds is 4. The van der Waals surface area contributed by atoms with Crippen molar-refractivity contribution in [1.82, 2.24) is 9.13 Å². The predicted molar refractivity (Wildman–Crippen MR) is 103 cm³/mol. The SMILES string of the molecule is CCOC(=O)n1cc(CC)c2c(c(C)c(C)n2Cc2ccccc2)c1=O. The molecular formula is C21H24N2O3. The topological polar surface area (TPSA) is 53.2 Å². The standard InChI is InChI=1S/C21H24N2O3/c1-5-17-13-23(21(25)26-6-2)20(24)18-14(3)15(4)22(19(17)18)12-16-10-8-7-9-11-16/h7-11,13H,5-6,12H2,1-4H3.